The molecule has 290 valence electrons. The third-order valence-corrected chi connectivity index (χ3v) is 11.2. The average Bonchev–Trinajstić information content (AvgIpc) is 3.17. The molecule has 0 spiro atoms. The quantitative estimate of drug-likeness (QED) is 0.138. The molecule has 0 aliphatic carbocycles. The van der Waals surface area contributed by atoms with Crippen LogP contribution in [0.2, 0.25) is 0 Å². The van der Waals surface area contributed by atoms with E-state index < -0.39 is 43.4 Å². The Bertz CT molecular complexity index is 2930. The van der Waals surface area contributed by atoms with Crippen LogP contribution in [0.3, 0.4) is 0 Å². The average molecular weight is 807 g/mol. The zero-order chi connectivity index (χ0) is 41.2. The lowest BCUT2D eigenvalue weighted by Gasteiger charge is -2.22. The van der Waals surface area contributed by atoms with Crippen LogP contribution in [0.4, 0.5) is 20.4 Å². The zero-order valence-electron chi connectivity index (χ0n) is 31.1. The topological polar surface area (TPSA) is 208 Å². The Labute approximate surface area is 328 Å². The van der Waals surface area contributed by atoms with Gasteiger partial charge < -0.3 is 16.8 Å². The molecule has 5 N–H and O–H groups in total. The molecule has 1 unspecified atom stereocenters. The minimum atomic E-state index is -3.88. The summed E-state index contributed by atoms with van der Waals surface area (Å²) in [4.78, 5) is 16.8. The van der Waals surface area contributed by atoms with Crippen molar-refractivity contribution in [3.63, 3.8) is 0 Å². The lowest BCUT2D eigenvalue weighted by Crippen LogP contribution is -2.16. The molecule has 3 aromatic heterocycles. The van der Waals surface area contributed by atoms with E-state index in [9.17, 15) is 30.9 Å². The van der Waals surface area contributed by atoms with E-state index >= 15 is 0 Å². The first kappa shape index (κ1) is 40.3. The van der Waals surface area contributed by atoms with Crippen molar-refractivity contribution >= 4 is 53.1 Å². The Hall–Kier alpha value is -6.41. The molecule has 4 aromatic carbocycles. The molecule has 0 fully saturated rings. The summed E-state index contributed by atoms with van der Waals surface area (Å²) in [7, 11) is -7.61. The molecule has 0 bridgehead atoms. The minimum absolute atomic E-state index is 0.00301. The van der Waals surface area contributed by atoms with Crippen molar-refractivity contribution in [3.05, 3.63) is 132 Å². The number of benzene rings is 4. The van der Waals surface area contributed by atoms with Gasteiger partial charge in [0.1, 0.15) is 41.2 Å². The van der Waals surface area contributed by atoms with E-state index in [1.807, 2.05) is 12.1 Å². The maximum absolute atomic E-state index is 14.9. The number of nitrogen functional groups attached to an aromatic ring is 1. The van der Waals surface area contributed by atoms with Gasteiger partial charge in [-0.15, -0.1) is 0 Å². The molecular formula is C41H36F2N8O4S2. The lowest BCUT2D eigenvalue weighted by molar-refractivity contribution is 0.599. The van der Waals surface area contributed by atoms with Gasteiger partial charge in [-0.1, -0.05) is 72.8 Å². The Balaban J connectivity index is 0.000000203. The maximum atomic E-state index is 14.9. The van der Waals surface area contributed by atoms with Gasteiger partial charge in [-0.3, -0.25) is 4.98 Å². The molecule has 12 nitrogen and oxygen atoms in total. The number of halogens is 2. The standard InChI is InChI=1S/C23H19FN6O2S.C18H17FN2O2S/c1-13(29-23-15(11-25)22(26)27-12-28-23)20-18(14-7-4-3-5-8-14)21(33(2,31)32)19-16(24)9-6-10-17(19)30-20;1-11(20)17-15(12-7-4-3-5-8-12)18(24(2,22)23)16-13(19)9-6-10-14(16)21-17/h3-10,12-13H,1-2H3,(H3,26,27,28,29);3-11H,20H2,1-2H3/t13-;/m0./s1. The second-order valence-electron chi connectivity index (χ2n) is 13.2. The number of sulfone groups is 2. The molecule has 0 aliphatic heterocycles. The maximum Gasteiger partial charge on any atom is 0.176 e. The zero-order valence-corrected chi connectivity index (χ0v) is 32.7. The highest BCUT2D eigenvalue weighted by atomic mass is 32.2. The van der Waals surface area contributed by atoms with Crippen LogP contribution in [0.25, 0.3) is 44.1 Å². The van der Waals surface area contributed by atoms with Crippen molar-refractivity contribution in [3.8, 4) is 28.3 Å². The molecule has 0 saturated carbocycles. The molecule has 3 heterocycles. The smallest absolute Gasteiger partial charge is 0.176 e. The summed E-state index contributed by atoms with van der Waals surface area (Å²) in [6, 6.07) is 27.1. The molecule has 57 heavy (non-hydrogen) atoms. The van der Waals surface area contributed by atoms with Gasteiger partial charge in [-0.25, -0.2) is 40.6 Å². The third-order valence-electron chi connectivity index (χ3n) is 8.94. The van der Waals surface area contributed by atoms with Gasteiger partial charge in [0.2, 0.25) is 0 Å². The Morgan fingerprint density at radius 3 is 1.58 bits per heavy atom. The Kier molecular flexibility index (Phi) is 11.3. The molecule has 0 aliphatic rings. The lowest BCUT2D eigenvalue weighted by atomic mass is 9.97. The van der Waals surface area contributed by atoms with Gasteiger partial charge >= 0.3 is 0 Å². The van der Waals surface area contributed by atoms with Gasteiger partial charge in [0.25, 0.3) is 0 Å². The van der Waals surface area contributed by atoms with Crippen molar-refractivity contribution < 1.29 is 25.6 Å². The summed E-state index contributed by atoms with van der Waals surface area (Å²) in [5.41, 5.74) is 15.0. The van der Waals surface area contributed by atoms with Crippen molar-refractivity contribution in [2.45, 2.75) is 35.7 Å². The van der Waals surface area contributed by atoms with Crippen LogP contribution >= 0.6 is 0 Å². The molecule has 0 radical (unpaired) electrons. The molecule has 7 aromatic rings. The Morgan fingerprint density at radius 1 is 0.684 bits per heavy atom. The second-order valence-corrected chi connectivity index (χ2v) is 17.1. The van der Waals surface area contributed by atoms with Gasteiger partial charge in [0.05, 0.1) is 49.0 Å². The van der Waals surface area contributed by atoms with Gasteiger partial charge in [0, 0.05) is 29.7 Å². The number of nitrogens with two attached hydrogens (primary N) is 2. The number of fused-ring (bicyclic) bond motifs is 2. The first-order valence-corrected chi connectivity index (χ1v) is 21.1. The fraction of sp³-hybridized carbons (Fsp3) is 0.146. The molecule has 0 amide bonds. The molecule has 2 atom stereocenters. The summed E-state index contributed by atoms with van der Waals surface area (Å²) < 4.78 is 80.4. The van der Waals surface area contributed by atoms with Gasteiger partial charge in [-0.2, -0.15) is 5.26 Å². The number of anilines is 2. The Morgan fingerprint density at radius 2 is 1.14 bits per heavy atom. The van der Waals surface area contributed by atoms with E-state index in [0.717, 1.165) is 12.5 Å². The summed E-state index contributed by atoms with van der Waals surface area (Å²) in [5.74, 6) is -1.11. The summed E-state index contributed by atoms with van der Waals surface area (Å²) in [5, 5.41) is 12.5. The fourth-order valence-electron chi connectivity index (χ4n) is 6.56. The number of nitrogens with zero attached hydrogens (tertiary/aromatic N) is 5. The number of rotatable bonds is 8. The van der Waals surface area contributed by atoms with Crippen LogP contribution in [0, 0.1) is 23.0 Å². The van der Waals surface area contributed by atoms with Gasteiger partial charge in [0.15, 0.2) is 19.7 Å². The summed E-state index contributed by atoms with van der Waals surface area (Å²) in [6.45, 7) is 3.47. The van der Waals surface area contributed by atoms with Crippen LogP contribution in [-0.2, 0) is 19.7 Å². The molecule has 16 heteroatoms. The van der Waals surface area contributed by atoms with Crippen LogP contribution in [0.5, 0.6) is 0 Å². The highest BCUT2D eigenvalue weighted by Gasteiger charge is 2.29. The first-order valence-electron chi connectivity index (χ1n) is 17.3. The number of nitrogens with one attached hydrogen (secondary N) is 1. The van der Waals surface area contributed by atoms with E-state index in [2.05, 4.69) is 25.3 Å². The highest BCUT2D eigenvalue weighted by molar-refractivity contribution is 7.91. The molecule has 0 saturated heterocycles. The SMILES string of the molecule is CC(N)c1nc2cccc(F)c2c(S(C)(=O)=O)c1-c1ccccc1.C[C@H](Nc1ncnc(N)c1C#N)c1nc2cccc(F)c2c(S(C)(=O)=O)c1-c1ccccc1. The van der Waals surface area contributed by atoms with E-state index in [4.69, 9.17) is 11.5 Å². The van der Waals surface area contributed by atoms with Crippen LogP contribution in [0.1, 0.15) is 42.9 Å². The minimum Gasteiger partial charge on any atom is -0.382 e. The normalized spacial score (nSPS) is 12.7. The molecular weight excluding hydrogens is 771 g/mol. The van der Waals surface area contributed by atoms with Crippen molar-refractivity contribution in [1.82, 2.24) is 19.9 Å². The number of nitriles is 1. The predicted molar refractivity (Wildman–Crippen MR) is 216 cm³/mol. The van der Waals surface area contributed by atoms with Crippen LogP contribution in [0.15, 0.2) is 113 Å². The third kappa shape index (κ3) is 8.12. The predicted octanol–water partition coefficient (Wildman–Crippen LogP) is 7.33. The number of hydrogen-bond donors (Lipinski definition) is 3. The fourth-order valence-corrected chi connectivity index (χ4v) is 8.89. The van der Waals surface area contributed by atoms with Crippen molar-refractivity contribution in [2.75, 3.05) is 23.6 Å². The van der Waals surface area contributed by atoms with Gasteiger partial charge in [-0.05, 0) is 49.2 Å². The summed E-state index contributed by atoms with van der Waals surface area (Å²) in [6.07, 6.45) is 3.33. The van der Waals surface area contributed by atoms with Crippen molar-refractivity contribution in [2.24, 2.45) is 5.73 Å². The van der Waals surface area contributed by atoms with E-state index in [0.29, 0.717) is 28.1 Å². The number of hydrogen-bond acceptors (Lipinski definition) is 12. The first-order chi connectivity index (χ1) is 27.0. The summed E-state index contributed by atoms with van der Waals surface area (Å²) >= 11 is 0. The van der Waals surface area contributed by atoms with Crippen molar-refractivity contribution in [1.29, 1.82) is 5.26 Å². The molecule has 7 rings (SSSR count). The largest absolute Gasteiger partial charge is 0.382 e. The second kappa shape index (κ2) is 16.0. The number of pyridine rings is 2. The van der Waals surface area contributed by atoms with Crippen LogP contribution in [-0.4, -0.2) is 49.3 Å². The highest BCUT2D eigenvalue weighted by Crippen LogP contribution is 2.41. The number of aromatic nitrogens is 4. The van der Waals surface area contributed by atoms with E-state index in [-0.39, 0.29) is 54.4 Å². The van der Waals surface area contributed by atoms with E-state index in [1.54, 1.807) is 80.6 Å². The van der Waals surface area contributed by atoms with E-state index in [1.165, 1.54) is 30.6 Å². The monoisotopic (exact) mass is 806 g/mol. The van der Waals surface area contributed by atoms with Crippen LogP contribution < -0.4 is 16.8 Å².